The van der Waals surface area contributed by atoms with E-state index >= 15 is 0 Å². The lowest BCUT2D eigenvalue weighted by atomic mass is 10.0. The summed E-state index contributed by atoms with van der Waals surface area (Å²) in [6.07, 6.45) is 0.123. The summed E-state index contributed by atoms with van der Waals surface area (Å²) in [5.41, 5.74) is 0.308. The van der Waals surface area contributed by atoms with Crippen LogP contribution >= 0.6 is 0 Å². The van der Waals surface area contributed by atoms with Crippen molar-refractivity contribution >= 4 is 0 Å². The van der Waals surface area contributed by atoms with Crippen LogP contribution in [0.3, 0.4) is 0 Å². The largest absolute Gasteiger partial charge is 0.392 e. The molecule has 0 aromatic heterocycles. The summed E-state index contributed by atoms with van der Waals surface area (Å²) in [4.78, 5) is 0. The monoisotopic (exact) mass is 229 g/mol. The first kappa shape index (κ1) is 13.1. The van der Waals surface area contributed by atoms with Crippen molar-refractivity contribution in [1.29, 1.82) is 0 Å². The molecule has 0 spiro atoms. The number of halogens is 2. The van der Waals surface area contributed by atoms with Crippen LogP contribution < -0.4 is 5.32 Å². The molecule has 2 nitrogen and oxygen atoms in total. The molecular formula is C12H17F2NO. The minimum absolute atomic E-state index is 0.273. The lowest BCUT2D eigenvalue weighted by Gasteiger charge is -2.19. The van der Waals surface area contributed by atoms with Crippen LogP contribution in [0, 0.1) is 11.6 Å². The van der Waals surface area contributed by atoms with Crippen molar-refractivity contribution < 1.29 is 13.9 Å². The van der Waals surface area contributed by atoms with Gasteiger partial charge in [0.05, 0.1) is 6.10 Å². The van der Waals surface area contributed by atoms with Gasteiger partial charge in [-0.3, -0.25) is 0 Å². The van der Waals surface area contributed by atoms with E-state index < -0.39 is 17.7 Å². The normalized spacial score (nSPS) is 14.8. The Balaban J connectivity index is 2.81. The molecule has 90 valence electrons. The highest BCUT2D eigenvalue weighted by Crippen LogP contribution is 2.20. The number of benzene rings is 1. The predicted molar refractivity (Wildman–Crippen MR) is 59.1 cm³/mol. The van der Waals surface area contributed by atoms with Crippen LogP contribution in [0.5, 0.6) is 0 Å². The van der Waals surface area contributed by atoms with E-state index in [1.54, 1.807) is 6.92 Å². The Labute approximate surface area is 94.3 Å². The topological polar surface area (TPSA) is 32.3 Å². The molecule has 0 heterocycles. The molecule has 4 heteroatoms. The molecule has 0 fully saturated rings. The highest BCUT2D eigenvalue weighted by Gasteiger charge is 2.14. The zero-order valence-electron chi connectivity index (χ0n) is 9.50. The molecular weight excluding hydrogens is 212 g/mol. The van der Waals surface area contributed by atoms with Crippen LogP contribution in [-0.2, 0) is 0 Å². The Morgan fingerprint density at radius 2 is 2.06 bits per heavy atom. The number of aliphatic hydroxyl groups is 1. The molecule has 1 aromatic rings. The maximum Gasteiger partial charge on any atom is 0.128 e. The van der Waals surface area contributed by atoms with Crippen LogP contribution in [0.2, 0.25) is 0 Å². The van der Waals surface area contributed by atoms with Crippen molar-refractivity contribution in [2.75, 3.05) is 6.54 Å². The van der Waals surface area contributed by atoms with Crippen molar-refractivity contribution in [1.82, 2.24) is 5.32 Å². The molecule has 0 bridgehead atoms. The molecule has 0 saturated carbocycles. The molecule has 0 saturated heterocycles. The van der Waals surface area contributed by atoms with E-state index in [4.69, 9.17) is 5.11 Å². The van der Waals surface area contributed by atoms with Crippen LogP contribution in [0.4, 0.5) is 8.78 Å². The van der Waals surface area contributed by atoms with Crippen LogP contribution in [-0.4, -0.2) is 17.8 Å². The molecule has 1 rings (SSSR count). The Morgan fingerprint density at radius 3 is 2.62 bits per heavy atom. The summed E-state index contributed by atoms with van der Waals surface area (Å²) in [6.45, 7) is 3.88. The van der Waals surface area contributed by atoms with E-state index in [2.05, 4.69) is 5.32 Å². The smallest absolute Gasteiger partial charge is 0.128 e. The van der Waals surface area contributed by atoms with Gasteiger partial charge in [0.1, 0.15) is 11.6 Å². The Bertz CT molecular complexity index is 342. The molecule has 2 atom stereocenters. The van der Waals surface area contributed by atoms with Gasteiger partial charge in [-0.2, -0.15) is 0 Å². The number of hydrogen-bond acceptors (Lipinski definition) is 2. The van der Waals surface area contributed by atoms with Gasteiger partial charge in [-0.25, -0.2) is 8.78 Å². The van der Waals surface area contributed by atoms with Gasteiger partial charge in [-0.1, -0.05) is 6.92 Å². The van der Waals surface area contributed by atoms with E-state index in [9.17, 15) is 8.78 Å². The third-order valence-electron chi connectivity index (χ3n) is 2.40. The molecule has 0 amide bonds. The summed E-state index contributed by atoms with van der Waals surface area (Å²) in [7, 11) is 0. The number of nitrogens with one attached hydrogen (secondary N) is 1. The summed E-state index contributed by atoms with van der Waals surface area (Å²) < 4.78 is 26.5. The predicted octanol–water partition coefficient (Wildman–Crippen LogP) is 2.39. The second-order valence-electron chi connectivity index (χ2n) is 3.88. The first-order valence-corrected chi connectivity index (χ1v) is 5.41. The fraction of sp³-hybridized carbons (Fsp3) is 0.500. The Hall–Kier alpha value is -1.00. The second-order valence-corrected chi connectivity index (χ2v) is 3.88. The average Bonchev–Trinajstić information content (AvgIpc) is 2.23. The molecule has 2 N–H and O–H groups in total. The fourth-order valence-electron chi connectivity index (χ4n) is 1.57. The van der Waals surface area contributed by atoms with E-state index in [1.165, 1.54) is 6.07 Å². The Morgan fingerprint density at radius 1 is 1.38 bits per heavy atom. The van der Waals surface area contributed by atoms with Gasteiger partial charge in [-0.05, 0) is 31.5 Å². The summed E-state index contributed by atoms with van der Waals surface area (Å²) in [5.74, 6) is -0.875. The van der Waals surface area contributed by atoms with Gasteiger partial charge in [-0.15, -0.1) is 0 Å². The maximum absolute atomic E-state index is 13.5. The highest BCUT2D eigenvalue weighted by molar-refractivity contribution is 5.22. The van der Waals surface area contributed by atoms with Crippen molar-refractivity contribution in [2.24, 2.45) is 0 Å². The standard InChI is InChI=1S/C12H17F2NO/c1-3-12(15-7-8(2)16)10-6-9(13)4-5-11(10)14/h4-6,8,12,15-16H,3,7H2,1-2H3/t8-,12?/m1/s1. The molecule has 0 radical (unpaired) electrons. The van der Waals surface area contributed by atoms with E-state index in [1.807, 2.05) is 6.92 Å². The minimum atomic E-state index is -0.509. The van der Waals surface area contributed by atoms with Gasteiger partial charge in [0.15, 0.2) is 0 Å². The first-order chi connectivity index (χ1) is 7.54. The maximum atomic E-state index is 13.5. The molecule has 1 aromatic carbocycles. The molecule has 16 heavy (non-hydrogen) atoms. The van der Waals surface area contributed by atoms with Gasteiger partial charge < -0.3 is 10.4 Å². The van der Waals surface area contributed by atoms with Crippen LogP contribution in [0.1, 0.15) is 31.9 Å². The summed E-state index contributed by atoms with van der Waals surface area (Å²) in [5, 5.41) is 12.1. The zero-order valence-corrected chi connectivity index (χ0v) is 9.50. The summed E-state index contributed by atoms with van der Waals surface area (Å²) >= 11 is 0. The molecule has 1 unspecified atom stereocenters. The molecule has 0 aliphatic heterocycles. The van der Waals surface area contributed by atoms with E-state index in [-0.39, 0.29) is 6.04 Å². The first-order valence-electron chi connectivity index (χ1n) is 5.41. The van der Waals surface area contributed by atoms with Gasteiger partial charge in [0, 0.05) is 18.2 Å². The van der Waals surface area contributed by atoms with Gasteiger partial charge in [0.2, 0.25) is 0 Å². The third kappa shape index (κ3) is 3.54. The quantitative estimate of drug-likeness (QED) is 0.812. The van der Waals surface area contributed by atoms with Crippen LogP contribution in [0.15, 0.2) is 18.2 Å². The SMILES string of the molecule is CCC(NC[C@@H](C)O)c1cc(F)ccc1F. The van der Waals surface area contributed by atoms with Gasteiger partial charge >= 0.3 is 0 Å². The lowest BCUT2D eigenvalue weighted by Crippen LogP contribution is -2.29. The second kappa shape index (κ2) is 5.92. The van der Waals surface area contributed by atoms with Crippen molar-refractivity contribution in [2.45, 2.75) is 32.4 Å². The molecule has 0 aliphatic rings. The lowest BCUT2D eigenvalue weighted by molar-refractivity contribution is 0.185. The number of hydrogen-bond donors (Lipinski definition) is 2. The van der Waals surface area contributed by atoms with Crippen LogP contribution in [0.25, 0.3) is 0 Å². The zero-order chi connectivity index (χ0) is 12.1. The summed E-state index contributed by atoms with van der Waals surface area (Å²) in [6, 6.07) is 3.14. The third-order valence-corrected chi connectivity index (χ3v) is 2.40. The van der Waals surface area contributed by atoms with E-state index in [0.29, 0.717) is 18.5 Å². The Kier molecular flexibility index (Phi) is 4.83. The van der Waals surface area contributed by atoms with E-state index in [0.717, 1.165) is 12.1 Å². The number of aliphatic hydroxyl groups excluding tert-OH is 1. The van der Waals surface area contributed by atoms with Crippen molar-refractivity contribution in [3.8, 4) is 0 Å². The van der Waals surface area contributed by atoms with Crippen molar-refractivity contribution in [3.63, 3.8) is 0 Å². The number of rotatable bonds is 5. The average molecular weight is 229 g/mol. The van der Waals surface area contributed by atoms with Crippen molar-refractivity contribution in [3.05, 3.63) is 35.4 Å². The molecule has 0 aliphatic carbocycles. The fourth-order valence-corrected chi connectivity index (χ4v) is 1.57. The highest BCUT2D eigenvalue weighted by atomic mass is 19.1. The minimum Gasteiger partial charge on any atom is -0.392 e. The van der Waals surface area contributed by atoms with Gasteiger partial charge in [0.25, 0.3) is 0 Å².